The van der Waals surface area contributed by atoms with Crippen molar-refractivity contribution in [1.29, 1.82) is 0 Å². The van der Waals surface area contributed by atoms with Crippen molar-refractivity contribution in [1.82, 2.24) is 9.55 Å². The summed E-state index contributed by atoms with van der Waals surface area (Å²) < 4.78 is 1.48. The molecule has 0 fully saturated rings. The summed E-state index contributed by atoms with van der Waals surface area (Å²) in [4.78, 5) is 24.6. The van der Waals surface area contributed by atoms with Gasteiger partial charge < -0.3 is 0 Å². The lowest BCUT2D eigenvalue weighted by Gasteiger charge is -2.02. The molecule has 1 heterocycles. The number of nitrogens with zero attached hydrogens (tertiary/aromatic N) is 1. The largest absolute Gasteiger partial charge is 0.328 e. The highest BCUT2D eigenvalue weighted by Crippen LogP contribution is 1.91. The Kier molecular flexibility index (Phi) is 3.06. The molecule has 1 rings (SSSR count). The predicted octanol–water partition coefficient (Wildman–Crippen LogP) is 0.811. The molecular weight excluding hydrogens is 180 g/mol. The number of aryl methyl sites for hydroxylation is 1. The number of H-pyrrole nitrogens is 1. The molecule has 14 heavy (non-hydrogen) atoms. The highest BCUT2D eigenvalue weighted by atomic mass is 16.2. The van der Waals surface area contributed by atoms with Crippen LogP contribution < -0.4 is 11.2 Å². The van der Waals surface area contributed by atoms with Gasteiger partial charge in [0.05, 0.1) is 0 Å². The first kappa shape index (κ1) is 10.5. The number of hydrogen-bond acceptors (Lipinski definition) is 2. The highest BCUT2D eigenvalue weighted by Gasteiger charge is 1.98. The quantitative estimate of drug-likeness (QED) is 0.708. The van der Waals surface area contributed by atoms with E-state index in [-0.39, 0.29) is 11.2 Å². The SMILES string of the molecule is CC(C)=CCn1cc(C)c(=O)[nH]c1=O. The average Bonchev–Trinajstić information content (AvgIpc) is 2.09. The number of aromatic amines is 1. The lowest BCUT2D eigenvalue weighted by molar-refractivity contribution is 0.725. The second-order valence-electron chi connectivity index (χ2n) is 3.51. The van der Waals surface area contributed by atoms with Gasteiger partial charge in [-0.1, -0.05) is 11.6 Å². The average molecular weight is 194 g/mol. The van der Waals surface area contributed by atoms with Crippen molar-refractivity contribution in [2.45, 2.75) is 27.3 Å². The molecule has 1 aromatic rings. The first-order valence-corrected chi connectivity index (χ1v) is 4.44. The molecule has 1 aromatic heterocycles. The van der Waals surface area contributed by atoms with Crippen LogP contribution in [0.5, 0.6) is 0 Å². The third-order valence-corrected chi connectivity index (χ3v) is 1.89. The summed E-state index contributed by atoms with van der Waals surface area (Å²) in [5, 5.41) is 0. The summed E-state index contributed by atoms with van der Waals surface area (Å²) in [5.41, 5.74) is 1.01. The van der Waals surface area contributed by atoms with Crippen LogP contribution in [0.2, 0.25) is 0 Å². The van der Waals surface area contributed by atoms with Gasteiger partial charge in [0.1, 0.15) is 0 Å². The maximum absolute atomic E-state index is 11.3. The Morgan fingerprint density at radius 1 is 1.50 bits per heavy atom. The van der Waals surface area contributed by atoms with E-state index in [1.54, 1.807) is 13.1 Å². The Morgan fingerprint density at radius 3 is 2.71 bits per heavy atom. The predicted molar refractivity (Wildman–Crippen MR) is 55.5 cm³/mol. The third-order valence-electron chi connectivity index (χ3n) is 1.89. The molecule has 4 nitrogen and oxygen atoms in total. The van der Waals surface area contributed by atoms with E-state index < -0.39 is 0 Å². The van der Waals surface area contributed by atoms with E-state index in [1.807, 2.05) is 19.9 Å². The highest BCUT2D eigenvalue weighted by molar-refractivity contribution is 5.02. The number of aromatic nitrogens is 2. The normalized spacial score (nSPS) is 9.93. The summed E-state index contributed by atoms with van der Waals surface area (Å²) in [6, 6.07) is 0. The second kappa shape index (κ2) is 4.09. The Balaban J connectivity index is 3.11. The fourth-order valence-corrected chi connectivity index (χ4v) is 1.04. The van der Waals surface area contributed by atoms with Crippen LogP contribution in [0.1, 0.15) is 19.4 Å². The van der Waals surface area contributed by atoms with Gasteiger partial charge in [0, 0.05) is 18.3 Å². The zero-order valence-corrected chi connectivity index (χ0v) is 8.63. The van der Waals surface area contributed by atoms with Crippen molar-refractivity contribution >= 4 is 0 Å². The number of nitrogens with one attached hydrogen (secondary N) is 1. The van der Waals surface area contributed by atoms with Gasteiger partial charge in [0.25, 0.3) is 5.56 Å². The van der Waals surface area contributed by atoms with Gasteiger partial charge in [0.2, 0.25) is 0 Å². The van der Waals surface area contributed by atoms with Crippen molar-refractivity contribution in [3.05, 3.63) is 44.2 Å². The van der Waals surface area contributed by atoms with E-state index in [4.69, 9.17) is 0 Å². The summed E-state index contributed by atoms with van der Waals surface area (Å²) >= 11 is 0. The Morgan fingerprint density at radius 2 is 2.14 bits per heavy atom. The monoisotopic (exact) mass is 194 g/mol. The zero-order valence-electron chi connectivity index (χ0n) is 8.63. The molecule has 4 heteroatoms. The van der Waals surface area contributed by atoms with E-state index in [1.165, 1.54) is 4.57 Å². The molecule has 0 saturated heterocycles. The van der Waals surface area contributed by atoms with Crippen molar-refractivity contribution in [3.63, 3.8) is 0 Å². The van der Waals surface area contributed by atoms with Gasteiger partial charge in [-0.3, -0.25) is 14.3 Å². The van der Waals surface area contributed by atoms with E-state index in [9.17, 15) is 9.59 Å². The van der Waals surface area contributed by atoms with Crippen LogP contribution in [0.3, 0.4) is 0 Å². The molecule has 0 bridgehead atoms. The third kappa shape index (κ3) is 2.45. The number of rotatable bonds is 2. The van der Waals surface area contributed by atoms with E-state index in [0.29, 0.717) is 12.1 Å². The Labute approximate surface area is 81.9 Å². The van der Waals surface area contributed by atoms with E-state index in [0.717, 1.165) is 5.57 Å². The molecule has 0 atom stereocenters. The number of allylic oxidation sites excluding steroid dienone is 2. The fourth-order valence-electron chi connectivity index (χ4n) is 1.04. The van der Waals surface area contributed by atoms with Gasteiger partial charge in [-0.25, -0.2) is 4.79 Å². The van der Waals surface area contributed by atoms with E-state index in [2.05, 4.69) is 4.98 Å². The first-order valence-electron chi connectivity index (χ1n) is 4.44. The molecule has 0 aliphatic carbocycles. The Hall–Kier alpha value is -1.58. The van der Waals surface area contributed by atoms with Gasteiger partial charge in [0.15, 0.2) is 0 Å². The lowest BCUT2D eigenvalue weighted by atomic mass is 10.3. The van der Waals surface area contributed by atoms with Crippen molar-refractivity contribution < 1.29 is 0 Å². The van der Waals surface area contributed by atoms with Crippen molar-refractivity contribution in [2.24, 2.45) is 0 Å². The van der Waals surface area contributed by atoms with Crippen LogP contribution in [0, 0.1) is 6.92 Å². The van der Waals surface area contributed by atoms with Crippen LogP contribution in [0.15, 0.2) is 27.4 Å². The van der Waals surface area contributed by atoms with E-state index >= 15 is 0 Å². The van der Waals surface area contributed by atoms with Crippen LogP contribution in [0.4, 0.5) is 0 Å². The van der Waals surface area contributed by atoms with Gasteiger partial charge in [-0.15, -0.1) is 0 Å². The lowest BCUT2D eigenvalue weighted by Crippen LogP contribution is -2.30. The number of hydrogen-bond donors (Lipinski definition) is 1. The molecule has 0 unspecified atom stereocenters. The maximum atomic E-state index is 11.3. The van der Waals surface area contributed by atoms with Crippen LogP contribution in [-0.4, -0.2) is 9.55 Å². The fraction of sp³-hybridized carbons (Fsp3) is 0.400. The first-order chi connectivity index (χ1) is 6.50. The molecule has 0 spiro atoms. The molecule has 0 aliphatic heterocycles. The minimum absolute atomic E-state index is 0.316. The molecule has 0 amide bonds. The molecular formula is C10H14N2O2. The molecule has 0 aliphatic rings. The second-order valence-corrected chi connectivity index (χ2v) is 3.51. The standard InChI is InChI=1S/C10H14N2O2/c1-7(2)4-5-12-6-8(3)9(13)11-10(12)14/h4,6H,5H2,1-3H3,(H,11,13,14). The minimum Gasteiger partial charge on any atom is -0.297 e. The zero-order chi connectivity index (χ0) is 10.7. The van der Waals surface area contributed by atoms with Gasteiger partial charge in [-0.05, 0) is 20.8 Å². The Bertz CT molecular complexity index is 462. The van der Waals surface area contributed by atoms with Gasteiger partial charge in [-0.2, -0.15) is 0 Å². The summed E-state index contributed by atoms with van der Waals surface area (Å²) in [5.74, 6) is 0. The summed E-state index contributed by atoms with van der Waals surface area (Å²) in [6.45, 7) is 6.10. The minimum atomic E-state index is -0.363. The maximum Gasteiger partial charge on any atom is 0.328 e. The molecule has 1 N–H and O–H groups in total. The van der Waals surface area contributed by atoms with Crippen molar-refractivity contribution in [3.8, 4) is 0 Å². The van der Waals surface area contributed by atoms with Gasteiger partial charge >= 0.3 is 5.69 Å². The summed E-state index contributed by atoms with van der Waals surface area (Å²) in [7, 11) is 0. The molecule has 0 radical (unpaired) electrons. The van der Waals surface area contributed by atoms with Crippen molar-refractivity contribution in [2.75, 3.05) is 0 Å². The van der Waals surface area contributed by atoms with Crippen LogP contribution in [0.25, 0.3) is 0 Å². The van der Waals surface area contributed by atoms with Crippen LogP contribution >= 0.6 is 0 Å². The smallest absolute Gasteiger partial charge is 0.297 e. The molecule has 0 saturated carbocycles. The topological polar surface area (TPSA) is 54.9 Å². The summed E-state index contributed by atoms with van der Waals surface area (Å²) in [6.07, 6.45) is 3.50. The molecule has 76 valence electrons. The molecule has 0 aromatic carbocycles. The van der Waals surface area contributed by atoms with Crippen LogP contribution in [-0.2, 0) is 6.54 Å².